The second-order valence-corrected chi connectivity index (χ2v) is 3.03. The Morgan fingerprint density at radius 3 is 2.77 bits per heavy atom. The van der Waals surface area contributed by atoms with E-state index in [0.29, 0.717) is 6.98 Å². The monoisotopic (exact) mass is 169 g/mol. The Labute approximate surface area is 80.6 Å². The number of nitrogens with one attached hydrogen (secondary N) is 2. The largest absolute Gasteiger partial charge is 0.438 e. The van der Waals surface area contributed by atoms with Crippen molar-refractivity contribution in [1.82, 2.24) is 10.3 Å². The molecule has 0 saturated carbocycles. The molecular weight excluding hydrogens is 159 g/mol. The van der Waals surface area contributed by atoms with E-state index in [9.17, 15) is 0 Å². The van der Waals surface area contributed by atoms with Gasteiger partial charge in [0, 0.05) is 5.69 Å². The smallest absolute Gasteiger partial charge is 0.324 e. The summed E-state index contributed by atoms with van der Waals surface area (Å²) in [5.74, 6) is 0. The average Bonchev–Trinajstić information content (AvgIpc) is 2.20. The highest BCUT2D eigenvalue weighted by Crippen LogP contribution is 2.12. The molecule has 0 spiro atoms. The van der Waals surface area contributed by atoms with E-state index in [1.807, 2.05) is 33.3 Å². The summed E-state index contributed by atoms with van der Waals surface area (Å²) in [5, 5.41) is 6.22. The molecule has 0 unspecified atom stereocenters. The molecule has 0 amide bonds. The van der Waals surface area contributed by atoms with Crippen LogP contribution in [0.2, 0.25) is 6.82 Å². The van der Waals surface area contributed by atoms with Gasteiger partial charge in [-0.15, -0.1) is 0 Å². The van der Waals surface area contributed by atoms with Gasteiger partial charge in [-0.3, -0.25) is 0 Å². The van der Waals surface area contributed by atoms with Crippen molar-refractivity contribution < 1.29 is 0 Å². The molecule has 1 aromatic carbocycles. The van der Waals surface area contributed by atoms with Gasteiger partial charge in [0.1, 0.15) is 0 Å². The fraction of sp³-hybridized carbons (Fsp3) is 0.143. The molecule has 3 nitrogen and oxygen atoms in total. The summed E-state index contributed by atoms with van der Waals surface area (Å²) < 4.78 is 2.14. The van der Waals surface area contributed by atoms with Crippen molar-refractivity contribution in [2.24, 2.45) is 0 Å². The second-order valence-electron chi connectivity index (χ2n) is 3.03. The van der Waals surface area contributed by atoms with Crippen molar-refractivity contribution in [3.05, 3.63) is 30.3 Å². The lowest BCUT2D eigenvalue weighted by molar-refractivity contribution is 1.27. The summed E-state index contributed by atoms with van der Waals surface area (Å²) in [5.41, 5.74) is 1.18. The van der Waals surface area contributed by atoms with E-state index in [1.54, 1.807) is 0 Å². The molecule has 1 aromatic rings. The van der Waals surface area contributed by atoms with Gasteiger partial charge in [-0.2, -0.15) is 0 Å². The first-order valence-corrected chi connectivity index (χ1v) is 4.38. The van der Waals surface area contributed by atoms with E-state index >= 15 is 0 Å². The van der Waals surface area contributed by atoms with Crippen molar-refractivity contribution in [3.8, 4) is 0 Å². The van der Waals surface area contributed by atoms with Gasteiger partial charge in [0.05, 0.1) is 0 Å². The molecule has 1 aliphatic heterocycles. The third-order valence-corrected chi connectivity index (χ3v) is 2.09. The lowest BCUT2D eigenvalue weighted by atomic mass is 9.64. The van der Waals surface area contributed by atoms with Gasteiger partial charge in [0.25, 0.3) is 7.55 Å². The van der Waals surface area contributed by atoms with Gasteiger partial charge in [-0.05, 0) is 12.1 Å². The predicted octanol–water partition coefficient (Wildman–Crippen LogP) is -0.128. The highest BCUT2D eigenvalue weighted by atomic mass is 15.1. The lowest BCUT2D eigenvalue weighted by Crippen LogP contribution is -2.64. The van der Waals surface area contributed by atoms with Gasteiger partial charge < -0.3 is 15.0 Å². The Kier molecular flexibility index (Phi) is 2.61. The van der Waals surface area contributed by atoms with Crippen LogP contribution in [-0.2, 0) is 0 Å². The molecule has 0 aliphatic carbocycles. The zero-order valence-electron chi connectivity index (χ0n) is 7.57. The Hall–Kier alpha value is -0.865. The minimum Gasteiger partial charge on any atom is -0.438 e. The average molecular weight is 169 g/mol. The van der Waals surface area contributed by atoms with E-state index in [0.717, 1.165) is 0 Å². The Morgan fingerprint density at radius 2 is 2.08 bits per heavy atom. The summed E-state index contributed by atoms with van der Waals surface area (Å²) in [4.78, 5) is 0. The van der Waals surface area contributed by atoms with Crippen molar-refractivity contribution >= 4 is 27.8 Å². The SMILES string of the molecule is CB1N[B]N[B]N1c1ccccc1. The minimum atomic E-state index is 0.295. The van der Waals surface area contributed by atoms with Gasteiger partial charge >= 0.3 is 14.5 Å². The van der Waals surface area contributed by atoms with Gasteiger partial charge in [-0.1, -0.05) is 25.0 Å². The van der Waals surface area contributed by atoms with Crippen LogP contribution in [0.4, 0.5) is 5.69 Å². The summed E-state index contributed by atoms with van der Waals surface area (Å²) >= 11 is 0. The molecule has 1 aliphatic rings. The molecule has 0 atom stereocenters. The first-order chi connectivity index (χ1) is 6.38. The molecule has 0 aromatic heterocycles. The van der Waals surface area contributed by atoms with E-state index in [4.69, 9.17) is 0 Å². The molecule has 1 heterocycles. The quantitative estimate of drug-likeness (QED) is 0.573. The third-order valence-electron chi connectivity index (χ3n) is 2.09. The number of para-hydroxylation sites is 1. The number of rotatable bonds is 1. The maximum Gasteiger partial charge on any atom is 0.324 e. The topological polar surface area (TPSA) is 27.3 Å². The molecule has 1 fully saturated rings. The third kappa shape index (κ3) is 1.90. The van der Waals surface area contributed by atoms with Crippen LogP contribution in [0.15, 0.2) is 30.3 Å². The normalized spacial score (nSPS) is 16.4. The highest BCUT2D eigenvalue weighted by molar-refractivity contribution is 6.82. The van der Waals surface area contributed by atoms with Crippen molar-refractivity contribution in [2.75, 3.05) is 4.72 Å². The molecule has 13 heavy (non-hydrogen) atoms. The highest BCUT2D eigenvalue weighted by Gasteiger charge is 2.23. The first-order valence-electron chi connectivity index (χ1n) is 4.38. The number of hydrogen-bond donors (Lipinski definition) is 2. The van der Waals surface area contributed by atoms with Crippen LogP contribution in [0.1, 0.15) is 0 Å². The van der Waals surface area contributed by atoms with Gasteiger partial charge in [0.2, 0.25) is 0 Å². The van der Waals surface area contributed by atoms with E-state index in [-0.39, 0.29) is 0 Å². The fourth-order valence-electron chi connectivity index (χ4n) is 1.38. The maximum absolute atomic E-state index is 3.19. The summed E-state index contributed by atoms with van der Waals surface area (Å²) in [6.07, 6.45) is 0. The van der Waals surface area contributed by atoms with E-state index < -0.39 is 0 Å². The predicted molar refractivity (Wildman–Crippen MR) is 58.3 cm³/mol. The number of benzene rings is 1. The Morgan fingerprint density at radius 1 is 1.31 bits per heavy atom. The standard InChI is InChI=1S/C7H10B3N3/c1-10-12-8-11-9-13(10)7-5-3-2-4-6-7/h2-6,11-12H,1H3. The van der Waals surface area contributed by atoms with E-state index in [2.05, 4.69) is 34.0 Å². The molecule has 2 radical (unpaired) electrons. The van der Waals surface area contributed by atoms with Gasteiger partial charge in [0.15, 0.2) is 0 Å². The molecule has 0 bridgehead atoms. The molecule has 62 valence electrons. The van der Waals surface area contributed by atoms with Crippen LogP contribution in [0.3, 0.4) is 0 Å². The molecule has 6 heteroatoms. The second kappa shape index (κ2) is 3.90. The summed E-state index contributed by atoms with van der Waals surface area (Å²) in [6, 6.07) is 10.3. The maximum atomic E-state index is 3.19. The lowest BCUT2D eigenvalue weighted by Gasteiger charge is -2.33. The molecule has 2 N–H and O–H groups in total. The Bertz CT molecular complexity index is 269. The van der Waals surface area contributed by atoms with Crippen LogP contribution in [0.5, 0.6) is 0 Å². The van der Waals surface area contributed by atoms with Crippen LogP contribution >= 0.6 is 0 Å². The molecule has 2 rings (SSSR count). The number of nitrogens with zero attached hydrogens (tertiary/aromatic N) is 1. The van der Waals surface area contributed by atoms with E-state index in [1.165, 1.54) is 5.69 Å². The Balaban J connectivity index is 2.15. The number of anilines is 1. The van der Waals surface area contributed by atoms with Crippen molar-refractivity contribution in [3.63, 3.8) is 0 Å². The minimum absolute atomic E-state index is 0.295. The van der Waals surface area contributed by atoms with Crippen LogP contribution in [-0.4, -0.2) is 22.1 Å². The van der Waals surface area contributed by atoms with Crippen molar-refractivity contribution in [1.29, 1.82) is 0 Å². The molecule has 1 saturated heterocycles. The summed E-state index contributed by atoms with van der Waals surface area (Å²) in [7, 11) is 3.79. The zero-order chi connectivity index (χ0) is 9.10. The molecular formula is C7H10B3N3. The zero-order valence-corrected chi connectivity index (χ0v) is 7.57. The number of hydrogen-bond acceptors (Lipinski definition) is 3. The fourth-order valence-corrected chi connectivity index (χ4v) is 1.38. The first kappa shape index (κ1) is 8.72. The van der Waals surface area contributed by atoms with Crippen LogP contribution < -0.4 is 15.0 Å². The summed E-state index contributed by atoms with van der Waals surface area (Å²) in [6.45, 7) is 2.41. The van der Waals surface area contributed by atoms with Gasteiger partial charge in [-0.25, -0.2) is 0 Å². The van der Waals surface area contributed by atoms with Crippen LogP contribution in [0.25, 0.3) is 0 Å². The van der Waals surface area contributed by atoms with Crippen LogP contribution in [0, 0.1) is 0 Å². The van der Waals surface area contributed by atoms with Crippen molar-refractivity contribution in [2.45, 2.75) is 6.82 Å².